The van der Waals surface area contributed by atoms with Gasteiger partial charge in [-0.3, -0.25) is 4.90 Å². The molecule has 5 heteroatoms. The van der Waals surface area contributed by atoms with Gasteiger partial charge in [-0.15, -0.1) is 0 Å². The summed E-state index contributed by atoms with van der Waals surface area (Å²) in [7, 11) is 3.36. The standard InChI is InChI=1S/C23H26N2O3/c1-27-20-10-9-18(22(15-20)28-2)16-25-13-5-12-24-11-4-8-21(24)23(25)17-6-3-7-19(26)14-17/h3-4,6-11,14-15,23,26H,5,12-13,16H2,1-2H3. The molecule has 0 saturated carbocycles. The predicted octanol–water partition coefficient (Wildman–Crippen LogP) is 4.21. The second-order valence-electron chi connectivity index (χ2n) is 7.13. The number of rotatable bonds is 5. The maximum atomic E-state index is 10.1. The summed E-state index contributed by atoms with van der Waals surface area (Å²) in [6.45, 7) is 2.70. The van der Waals surface area contributed by atoms with Crippen LogP contribution < -0.4 is 9.47 Å². The molecule has 28 heavy (non-hydrogen) atoms. The van der Waals surface area contributed by atoms with Gasteiger partial charge in [0.15, 0.2) is 0 Å². The number of benzene rings is 2. The minimum absolute atomic E-state index is 0.0661. The molecule has 4 rings (SSSR count). The van der Waals surface area contributed by atoms with Gasteiger partial charge in [-0.1, -0.05) is 18.2 Å². The number of ether oxygens (including phenoxy) is 2. The van der Waals surface area contributed by atoms with E-state index in [0.29, 0.717) is 5.75 Å². The molecule has 0 spiro atoms. The zero-order chi connectivity index (χ0) is 19.5. The number of methoxy groups -OCH3 is 2. The van der Waals surface area contributed by atoms with Crippen molar-refractivity contribution in [3.05, 3.63) is 77.6 Å². The molecule has 1 aliphatic rings. The lowest BCUT2D eigenvalue weighted by molar-refractivity contribution is 0.217. The quantitative estimate of drug-likeness (QED) is 0.723. The van der Waals surface area contributed by atoms with Crippen molar-refractivity contribution in [2.75, 3.05) is 20.8 Å². The summed E-state index contributed by atoms with van der Waals surface area (Å²) in [5.41, 5.74) is 3.46. The monoisotopic (exact) mass is 378 g/mol. The lowest BCUT2D eigenvalue weighted by Gasteiger charge is -2.31. The molecular weight excluding hydrogens is 352 g/mol. The van der Waals surface area contributed by atoms with E-state index in [1.807, 2.05) is 24.3 Å². The summed E-state index contributed by atoms with van der Waals surface area (Å²) < 4.78 is 13.3. The zero-order valence-corrected chi connectivity index (χ0v) is 16.3. The van der Waals surface area contributed by atoms with Gasteiger partial charge in [0.1, 0.15) is 17.2 Å². The molecule has 0 saturated heterocycles. The predicted molar refractivity (Wildman–Crippen MR) is 109 cm³/mol. The van der Waals surface area contributed by atoms with Crippen molar-refractivity contribution in [1.82, 2.24) is 9.47 Å². The van der Waals surface area contributed by atoms with Gasteiger partial charge in [-0.05, 0) is 42.3 Å². The van der Waals surface area contributed by atoms with E-state index in [4.69, 9.17) is 9.47 Å². The van der Waals surface area contributed by atoms with E-state index in [9.17, 15) is 5.11 Å². The number of nitrogens with zero attached hydrogens (tertiary/aromatic N) is 2. The summed E-state index contributed by atoms with van der Waals surface area (Å²) in [4.78, 5) is 2.46. The fourth-order valence-electron chi connectivity index (χ4n) is 4.09. The minimum atomic E-state index is 0.0661. The van der Waals surface area contributed by atoms with Gasteiger partial charge < -0.3 is 19.1 Å². The van der Waals surface area contributed by atoms with Gasteiger partial charge in [0, 0.05) is 43.2 Å². The molecule has 2 heterocycles. The Kier molecular flexibility index (Phi) is 5.26. The Morgan fingerprint density at radius 2 is 1.89 bits per heavy atom. The first kappa shape index (κ1) is 18.4. The molecule has 1 unspecified atom stereocenters. The van der Waals surface area contributed by atoms with Crippen LogP contribution in [-0.4, -0.2) is 35.3 Å². The molecule has 2 aromatic carbocycles. The van der Waals surface area contributed by atoms with Crippen molar-refractivity contribution < 1.29 is 14.6 Å². The fraction of sp³-hybridized carbons (Fsp3) is 0.304. The molecule has 0 amide bonds. The van der Waals surface area contributed by atoms with Gasteiger partial charge >= 0.3 is 0 Å². The minimum Gasteiger partial charge on any atom is -0.508 e. The van der Waals surface area contributed by atoms with Crippen LogP contribution in [0.2, 0.25) is 0 Å². The lowest BCUT2D eigenvalue weighted by Crippen LogP contribution is -2.29. The Labute approximate surface area is 165 Å². The maximum absolute atomic E-state index is 10.1. The van der Waals surface area contributed by atoms with Crippen molar-refractivity contribution in [2.24, 2.45) is 0 Å². The SMILES string of the molecule is COc1ccc(CN2CCCn3cccc3C2c2cccc(O)c2)c(OC)c1. The number of phenolic OH excluding ortho intramolecular Hbond substituents is 1. The van der Waals surface area contributed by atoms with E-state index in [1.165, 1.54) is 5.69 Å². The third-order valence-corrected chi connectivity index (χ3v) is 5.41. The van der Waals surface area contributed by atoms with E-state index in [1.54, 1.807) is 20.3 Å². The van der Waals surface area contributed by atoms with Crippen molar-refractivity contribution in [1.29, 1.82) is 0 Å². The third kappa shape index (κ3) is 3.58. The highest BCUT2D eigenvalue weighted by molar-refractivity contribution is 5.41. The van der Waals surface area contributed by atoms with Crippen LogP contribution >= 0.6 is 0 Å². The van der Waals surface area contributed by atoms with Crippen LogP contribution in [0.5, 0.6) is 17.2 Å². The van der Waals surface area contributed by atoms with E-state index in [0.717, 1.165) is 48.7 Å². The smallest absolute Gasteiger partial charge is 0.127 e. The molecular formula is C23H26N2O3. The second-order valence-corrected chi connectivity index (χ2v) is 7.13. The summed E-state index contributed by atoms with van der Waals surface area (Å²) in [5, 5.41) is 10.1. The Balaban J connectivity index is 1.74. The number of aromatic nitrogens is 1. The van der Waals surface area contributed by atoms with Gasteiger partial charge in [0.2, 0.25) is 0 Å². The maximum Gasteiger partial charge on any atom is 0.127 e. The van der Waals surface area contributed by atoms with E-state index >= 15 is 0 Å². The first-order chi connectivity index (χ1) is 13.7. The van der Waals surface area contributed by atoms with Crippen LogP contribution in [-0.2, 0) is 13.1 Å². The highest BCUT2D eigenvalue weighted by Crippen LogP contribution is 2.36. The first-order valence-electron chi connectivity index (χ1n) is 9.58. The lowest BCUT2D eigenvalue weighted by atomic mass is 10.0. The summed E-state index contributed by atoms with van der Waals surface area (Å²) in [5.74, 6) is 1.91. The molecule has 1 aliphatic heterocycles. The van der Waals surface area contributed by atoms with Gasteiger partial charge in [-0.25, -0.2) is 0 Å². The Morgan fingerprint density at radius 3 is 2.68 bits per heavy atom. The molecule has 0 radical (unpaired) electrons. The number of phenols is 1. The number of aryl methyl sites for hydroxylation is 1. The zero-order valence-electron chi connectivity index (χ0n) is 16.3. The van der Waals surface area contributed by atoms with Crippen LogP contribution in [0.15, 0.2) is 60.8 Å². The molecule has 0 fully saturated rings. The fourth-order valence-corrected chi connectivity index (χ4v) is 4.09. The summed E-state index contributed by atoms with van der Waals surface area (Å²) >= 11 is 0. The molecule has 146 valence electrons. The van der Waals surface area contributed by atoms with Gasteiger partial charge in [0.25, 0.3) is 0 Å². The van der Waals surface area contributed by atoms with Crippen molar-refractivity contribution >= 4 is 0 Å². The second kappa shape index (κ2) is 7.98. The number of hydrogen-bond acceptors (Lipinski definition) is 4. The average molecular weight is 378 g/mol. The Bertz CT molecular complexity index is 951. The molecule has 0 bridgehead atoms. The van der Waals surface area contributed by atoms with Gasteiger partial charge in [-0.2, -0.15) is 0 Å². The van der Waals surface area contributed by atoms with Crippen molar-refractivity contribution in [2.45, 2.75) is 25.6 Å². The number of hydrogen-bond donors (Lipinski definition) is 1. The first-order valence-corrected chi connectivity index (χ1v) is 9.58. The molecule has 1 N–H and O–H groups in total. The van der Waals surface area contributed by atoms with Crippen molar-refractivity contribution in [3.8, 4) is 17.2 Å². The van der Waals surface area contributed by atoms with E-state index in [-0.39, 0.29) is 6.04 Å². The molecule has 0 aliphatic carbocycles. The highest BCUT2D eigenvalue weighted by atomic mass is 16.5. The normalized spacial score (nSPS) is 17.0. The summed E-state index contributed by atoms with van der Waals surface area (Å²) in [6.07, 6.45) is 3.21. The molecule has 1 atom stereocenters. The topological polar surface area (TPSA) is 46.9 Å². The van der Waals surface area contributed by atoms with Crippen LogP contribution in [0, 0.1) is 0 Å². The highest BCUT2D eigenvalue weighted by Gasteiger charge is 2.28. The summed E-state index contributed by atoms with van der Waals surface area (Å²) in [6, 6.07) is 17.9. The Morgan fingerprint density at radius 1 is 1.00 bits per heavy atom. The largest absolute Gasteiger partial charge is 0.508 e. The molecule has 3 aromatic rings. The Hall–Kier alpha value is -2.92. The van der Waals surface area contributed by atoms with Crippen LogP contribution in [0.3, 0.4) is 0 Å². The number of aromatic hydroxyl groups is 1. The van der Waals surface area contributed by atoms with E-state index < -0.39 is 0 Å². The average Bonchev–Trinajstić information content (AvgIpc) is 3.09. The van der Waals surface area contributed by atoms with Crippen LogP contribution in [0.25, 0.3) is 0 Å². The molecule has 5 nitrogen and oxygen atoms in total. The van der Waals surface area contributed by atoms with Gasteiger partial charge in [0.05, 0.1) is 20.3 Å². The van der Waals surface area contributed by atoms with E-state index in [2.05, 4.69) is 39.9 Å². The molecule has 1 aromatic heterocycles. The van der Waals surface area contributed by atoms with Crippen LogP contribution in [0.4, 0.5) is 0 Å². The number of fused-ring (bicyclic) bond motifs is 1. The van der Waals surface area contributed by atoms with Crippen LogP contribution in [0.1, 0.15) is 29.3 Å². The third-order valence-electron chi connectivity index (χ3n) is 5.41. The van der Waals surface area contributed by atoms with Crippen molar-refractivity contribution in [3.63, 3.8) is 0 Å².